The monoisotopic (exact) mass is 263 g/mol. The number of ether oxygens (including phenoxy) is 1. The molecule has 0 amide bonds. The van der Waals surface area contributed by atoms with Crippen molar-refractivity contribution in [1.82, 2.24) is 15.3 Å². The Morgan fingerprint density at radius 3 is 2.79 bits per heavy atom. The summed E-state index contributed by atoms with van der Waals surface area (Å²) in [5, 5.41) is 3.50. The quantitative estimate of drug-likeness (QED) is 0.783. The van der Waals surface area contributed by atoms with Gasteiger partial charge < -0.3 is 10.1 Å². The topological polar surface area (TPSA) is 47.0 Å². The second kappa shape index (κ2) is 6.96. The largest absolute Gasteiger partial charge is 0.371 e. The number of hydrogen-bond acceptors (Lipinski definition) is 4. The SMILES string of the molecule is CCCC(OCC)c1nc(C)cc(CNC2CC2)n1. The van der Waals surface area contributed by atoms with Crippen LogP contribution >= 0.6 is 0 Å². The van der Waals surface area contributed by atoms with Crippen LogP contribution in [-0.2, 0) is 11.3 Å². The second-order valence-electron chi connectivity index (χ2n) is 5.25. The summed E-state index contributed by atoms with van der Waals surface area (Å²) in [6.07, 6.45) is 4.70. The van der Waals surface area contributed by atoms with Crippen LogP contribution in [0.5, 0.6) is 0 Å². The van der Waals surface area contributed by atoms with Gasteiger partial charge in [-0.1, -0.05) is 13.3 Å². The number of nitrogens with zero attached hydrogens (tertiary/aromatic N) is 2. The van der Waals surface area contributed by atoms with Gasteiger partial charge in [-0.15, -0.1) is 0 Å². The molecule has 1 heterocycles. The number of nitrogens with one attached hydrogen (secondary N) is 1. The van der Waals surface area contributed by atoms with Crippen molar-refractivity contribution in [2.24, 2.45) is 0 Å². The van der Waals surface area contributed by atoms with Crippen LogP contribution in [0.4, 0.5) is 0 Å². The highest BCUT2D eigenvalue weighted by molar-refractivity contribution is 5.11. The lowest BCUT2D eigenvalue weighted by Crippen LogP contribution is -2.18. The van der Waals surface area contributed by atoms with Crippen LogP contribution in [0.3, 0.4) is 0 Å². The highest BCUT2D eigenvalue weighted by atomic mass is 16.5. The van der Waals surface area contributed by atoms with Crippen molar-refractivity contribution in [2.75, 3.05) is 6.61 Å². The molecule has 0 aromatic carbocycles. The normalized spacial score (nSPS) is 16.6. The third kappa shape index (κ3) is 4.55. The van der Waals surface area contributed by atoms with Gasteiger partial charge in [0, 0.05) is 24.9 Å². The molecule has 1 aromatic heterocycles. The van der Waals surface area contributed by atoms with Crippen LogP contribution in [0.25, 0.3) is 0 Å². The third-order valence-corrected chi connectivity index (χ3v) is 3.28. The molecule has 1 aliphatic carbocycles. The van der Waals surface area contributed by atoms with Gasteiger partial charge in [0.25, 0.3) is 0 Å². The third-order valence-electron chi connectivity index (χ3n) is 3.28. The lowest BCUT2D eigenvalue weighted by molar-refractivity contribution is 0.0491. The Morgan fingerprint density at radius 1 is 1.37 bits per heavy atom. The summed E-state index contributed by atoms with van der Waals surface area (Å²) >= 11 is 0. The molecule has 0 bridgehead atoms. The van der Waals surface area contributed by atoms with Crippen molar-refractivity contribution in [1.29, 1.82) is 0 Å². The molecule has 1 fully saturated rings. The van der Waals surface area contributed by atoms with E-state index in [2.05, 4.69) is 28.3 Å². The lowest BCUT2D eigenvalue weighted by atomic mass is 10.2. The fraction of sp³-hybridized carbons (Fsp3) is 0.733. The molecular formula is C15H25N3O. The highest BCUT2D eigenvalue weighted by Crippen LogP contribution is 2.21. The Balaban J connectivity index is 2.08. The summed E-state index contributed by atoms with van der Waals surface area (Å²) in [5.74, 6) is 0.844. The minimum absolute atomic E-state index is 0.0366. The van der Waals surface area contributed by atoms with E-state index >= 15 is 0 Å². The predicted octanol–water partition coefficient (Wildman–Crippen LogP) is 2.91. The molecular weight excluding hydrogens is 238 g/mol. The Bertz CT molecular complexity index is 398. The second-order valence-corrected chi connectivity index (χ2v) is 5.25. The van der Waals surface area contributed by atoms with E-state index in [1.54, 1.807) is 0 Å². The van der Waals surface area contributed by atoms with E-state index in [9.17, 15) is 0 Å². The zero-order valence-corrected chi connectivity index (χ0v) is 12.3. The fourth-order valence-electron chi connectivity index (χ4n) is 2.18. The highest BCUT2D eigenvalue weighted by Gasteiger charge is 2.21. The van der Waals surface area contributed by atoms with Gasteiger partial charge >= 0.3 is 0 Å². The van der Waals surface area contributed by atoms with Crippen molar-refractivity contribution in [3.63, 3.8) is 0 Å². The molecule has 1 aromatic rings. The van der Waals surface area contributed by atoms with Crippen LogP contribution in [-0.4, -0.2) is 22.6 Å². The van der Waals surface area contributed by atoms with E-state index in [0.29, 0.717) is 12.6 Å². The van der Waals surface area contributed by atoms with Crippen molar-refractivity contribution in [3.05, 3.63) is 23.3 Å². The van der Waals surface area contributed by atoms with Gasteiger partial charge in [0.15, 0.2) is 5.82 Å². The zero-order valence-electron chi connectivity index (χ0n) is 12.3. The molecule has 1 saturated carbocycles. The standard InChI is InChI=1S/C15H25N3O/c1-4-6-14(19-5-2)15-17-11(3)9-13(18-15)10-16-12-7-8-12/h9,12,14,16H,4-8,10H2,1-3H3. The van der Waals surface area contributed by atoms with E-state index < -0.39 is 0 Å². The zero-order chi connectivity index (χ0) is 13.7. The van der Waals surface area contributed by atoms with Gasteiger partial charge in [0.1, 0.15) is 6.10 Å². The van der Waals surface area contributed by atoms with Gasteiger partial charge in [0.05, 0.1) is 5.69 Å². The van der Waals surface area contributed by atoms with Crippen LogP contribution in [0.15, 0.2) is 6.07 Å². The summed E-state index contributed by atoms with van der Waals surface area (Å²) < 4.78 is 5.77. The maximum absolute atomic E-state index is 5.77. The van der Waals surface area contributed by atoms with E-state index in [0.717, 1.165) is 36.6 Å². The molecule has 1 aliphatic rings. The molecule has 1 atom stereocenters. The average molecular weight is 263 g/mol. The van der Waals surface area contributed by atoms with Crippen LogP contribution in [0.2, 0.25) is 0 Å². The number of hydrogen-bond donors (Lipinski definition) is 1. The first-order valence-corrected chi connectivity index (χ1v) is 7.42. The molecule has 0 radical (unpaired) electrons. The smallest absolute Gasteiger partial charge is 0.157 e. The van der Waals surface area contributed by atoms with Gasteiger partial charge in [-0.2, -0.15) is 0 Å². The average Bonchev–Trinajstić information content (AvgIpc) is 3.19. The predicted molar refractivity (Wildman–Crippen MR) is 75.9 cm³/mol. The van der Waals surface area contributed by atoms with Crippen molar-refractivity contribution < 1.29 is 4.74 Å². The Hall–Kier alpha value is -1.00. The molecule has 0 aliphatic heterocycles. The van der Waals surface area contributed by atoms with Gasteiger partial charge in [-0.3, -0.25) is 0 Å². The van der Waals surface area contributed by atoms with Crippen molar-refractivity contribution in [3.8, 4) is 0 Å². The molecule has 4 heteroatoms. The first-order chi connectivity index (χ1) is 9.22. The molecule has 1 unspecified atom stereocenters. The maximum atomic E-state index is 5.77. The first-order valence-electron chi connectivity index (χ1n) is 7.42. The van der Waals surface area contributed by atoms with Crippen LogP contribution < -0.4 is 5.32 Å². The summed E-state index contributed by atoms with van der Waals surface area (Å²) in [7, 11) is 0. The molecule has 0 spiro atoms. The summed E-state index contributed by atoms with van der Waals surface area (Å²) in [5.41, 5.74) is 2.11. The number of aromatic nitrogens is 2. The molecule has 0 saturated heterocycles. The minimum atomic E-state index is 0.0366. The van der Waals surface area contributed by atoms with E-state index in [-0.39, 0.29) is 6.10 Å². The van der Waals surface area contributed by atoms with Gasteiger partial charge in [-0.05, 0) is 39.2 Å². The minimum Gasteiger partial charge on any atom is -0.371 e. The molecule has 4 nitrogen and oxygen atoms in total. The number of aryl methyl sites for hydroxylation is 1. The molecule has 19 heavy (non-hydrogen) atoms. The van der Waals surface area contributed by atoms with Gasteiger partial charge in [0.2, 0.25) is 0 Å². The van der Waals surface area contributed by atoms with Crippen LogP contribution in [0, 0.1) is 6.92 Å². The molecule has 1 N–H and O–H groups in total. The number of rotatable bonds is 8. The van der Waals surface area contributed by atoms with Gasteiger partial charge in [-0.25, -0.2) is 9.97 Å². The Morgan fingerprint density at radius 2 is 2.16 bits per heavy atom. The Kier molecular flexibility index (Phi) is 5.28. The summed E-state index contributed by atoms with van der Waals surface area (Å²) in [4.78, 5) is 9.22. The fourth-order valence-corrected chi connectivity index (χ4v) is 2.18. The summed E-state index contributed by atoms with van der Waals surface area (Å²) in [6, 6.07) is 2.77. The maximum Gasteiger partial charge on any atom is 0.157 e. The lowest BCUT2D eigenvalue weighted by Gasteiger charge is -2.16. The van der Waals surface area contributed by atoms with E-state index in [1.807, 2.05) is 13.8 Å². The van der Waals surface area contributed by atoms with Crippen molar-refractivity contribution >= 4 is 0 Å². The van der Waals surface area contributed by atoms with E-state index in [4.69, 9.17) is 4.74 Å². The molecule has 2 rings (SSSR count). The van der Waals surface area contributed by atoms with E-state index in [1.165, 1.54) is 12.8 Å². The summed E-state index contributed by atoms with van der Waals surface area (Å²) in [6.45, 7) is 7.76. The van der Waals surface area contributed by atoms with Crippen LogP contribution in [0.1, 0.15) is 62.8 Å². The first kappa shape index (κ1) is 14.4. The van der Waals surface area contributed by atoms with Crippen molar-refractivity contribution in [2.45, 2.75) is 65.1 Å². The molecule has 106 valence electrons. The Labute approximate surface area is 116 Å².